The van der Waals surface area contributed by atoms with Crippen LogP contribution in [0.5, 0.6) is 0 Å². The second-order valence-corrected chi connectivity index (χ2v) is 4.21. The molecule has 1 atom stereocenters. The predicted octanol–water partition coefficient (Wildman–Crippen LogP) is 2.87. The molecule has 2 nitrogen and oxygen atoms in total. The Morgan fingerprint density at radius 2 is 2.36 bits per heavy atom. The van der Waals surface area contributed by atoms with Crippen molar-refractivity contribution in [3.8, 4) is 0 Å². The largest absolute Gasteiger partial charge is 0.611 e. The number of rotatable bonds is 4. The molecule has 5 heteroatoms. The van der Waals surface area contributed by atoms with Crippen LogP contribution in [0.1, 0.15) is 12.2 Å². The molecule has 0 aliphatic heterocycles. The summed E-state index contributed by atoms with van der Waals surface area (Å²) >= 11 is -1.25. The first-order chi connectivity index (χ1) is 6.61. The summed E-state index contributed by atoms with van der Waals surface area (Å²) in [6.07, 6.45) is 0.590. The lowest BCUT2D eigenvalue weighted by atomic mass is 10.5. The SMILES string of the molecule is Cc1occc1[S+]([O-])CCC=C(F)F. The molecule has 1 rings (SSSR count). The van der Waals surface area contributed by atoms with Gasteiger partial charge in [0.05, 0.1) is 6.26 Å². The van der Waals surface area contributed by atoms with E-state index in [1.54, 1.807) is 13.0 Å². The van der Waals surface area contributed by atoms with E-state index in [4.69, 9.17) is 4.42 Å². The van der Waals surface area contributed by atoms with Gasteiger partial charge in [0.1, 0.15) is 5.75 Å². The molecular weight excluding hydrogens is 210 g/mol. The molecule has 0 aliphatic carbocycles. The van der Waals surface area contributed by atoms with Crippen molar-refractivity contribution < 1.29 is 17.8 Å². The summed E-state index contributed by atoms with van der Waals surface area (Å²) in [6, 6.07) is 1.60. The average molecular weight is 220 g/mol. The Kier molecular flexibility index (Phi) is 4.16. The monoisotopic (exact) mass is 220 g/mol. The van der Waals surface area contributed by atoms with Gasteiger partial charge < -0.3 is 8.97 Å². The Morgan fingerprint density at radius 3 is 2.86 bits per heavy atom. The third kappa shape index (κ3) is 3.16. The molecule has 78 valence electrons. The fraction of sp³-hybridized carbons (Fsp3) is 0.333. The van der Waals surface area contributed by atoms with E-state index < -0.39 is 17.3 Å². The van der Waals surface area contributed by atoms with Crippen LogP contribution < -0.4 is 0 Å². The van der Waals surface area contributed by atoms with Crippen LogP contribution in [0.3, 0.4) is 0 Å². The van der Waals surface area contributed by atoms with Gasteiger partial charge in [-0.1, -0.05) is 0 Å². The summed E-state index contributed by atoms with van der Waals surface area (Å²) in [4.78, 5) is 0.581. The molecule has 1 aromatic heterocycles. The summed E-state index contributed by atoms with van der Waals surface area (Å²) in [5.41, 5.74) is 0. The second-order valence-electron chi connectivity index (χ2n) is 2.67. The van der Waals surface area contributed by atoms with Gasteiger partial charge in [0.15, 0.2) is 10.7 Å². The maximum atomic E-state index is 11.7. The number of furan rings is 1. The van der Waals surface area contributed by atoms with E-state index in [0.717, 1.165) is 6.08 Å². The minimum absolute atomic E-state index is 0.111. The summed E-state index contributed by atoms with van der Waals surface area (Å²) in [5.74, 6) is 0.769. The first kappa shape index (κ1) is 11.3. The number of halogens is 2. The van der Waals surface area contributed by atoms with Crippen LogP contribution in [-0.4, -0.2) is 10.3 Å². The minimum atomic E-state index is -1.73. The van der Waals surface area contributed by atoms with Crippen molar-refractivity contribution in [2.24, 2.45) is 0 Å². The first-order valence-electron chi connectivity index (χ1n) is 4.05. The molecule has 0 bridgehead atoms. The molecule has 0 aromatic carbocycles. The number of hydrogen-bond donors (Lipinski definition) is 0. The van der Waals surface area contributed by atoms with Gasteiger partial charge in [0.2, 0.25) is 0 Å². The molecule has 1 aromatic rings. The van der Waals surface area contributed by atoms with Gasteiger partial charge in [-0.2, -0.15) is 8.78 Å². The van der Waals surface area contributed by atoms with Crippen LogP contribution in [0.25, 0.3) is 0 Å². The lowest BCUT2D eigenvalue weighted by Gasteiger charge is -2.06. The third-order valence-corrected chi connectivity index (χ3v) is 3.18. The second kappa shape index (κ2) is 5.17. The van der Waals surface area contributed by atoms with Crippen LogP contribution in [0.15, 0.2) is 33.8 Å². The van der Waals surface area contributed by atoms with E-state index in [1.165, 1.54) is 6.26 Å². The van der Waals surface area contributed by atoms with Gasteiger partial charge in [0.25, 0.3) is 6.08 Å². The molecule has 0 N–H and O–H groups in total. The molecule has 0 aliphatic rings. The van der Waals surface area contributed by atoms with E-state index in [0.29, 0.717) is 10.7 Å². The molecule has 0 spiro atoms. The maximum absolute atomic E-state index is 11.7. The van der Waals surface area contributed by atoms with Crippen molar-refractivity contribution in [2.45, 2.75) is 18.2 Å². The molecule has 14 heavy (non-hydrogen) atoms. The highest BCUT2D eigenvalue weighted by Crippen LogP contribution is 2.18. The highest BCUT2D eigenvalue weighted by atomic mass is 32.2. The molecule has 1 unspecified atom stereocenters. The van der Waals surface area contributed by atoms with Crippen LogP contribution in [0, 0.1) is 6.92 Å². The average Bonchev–Trinajstić information content (AvgIpc) is 2.50. The first-order valence-corrected chi connectivity index (χ1v) is 5.37. The maximum Gasteiger partial charge on any atom is 0.266 e. The summed E-state index contributed by atoms with van der Waals surface area (Å²) in [6.45, 7) is 1.69. The van der Waals surface area contributed by atoms with Gasteiger partial charge in [-0.3, -0.25) is 0 Å². The quantitative estimate of drug-likeness (QED) is 0.731. The Hall–Kier alpha value is -0.810. The molecule has 0 amide bonds. The lowest BCUT2D eigenvalue weighted by Crippen LogP contribution is -2.06. The van der Waals surface area contributed by atoms with Gasteiger partial charge in [-0.05, 0) is 24.2 Å². The van der Waals surface area contributed by atoms with Crippen molar-refractivity contribution in [1.29, 1.82) is 0 Å². The zero-order chi connectivity index (χ0) is 10.6. The Balaban J connectivity index is 2.47. The van der Waals surface area contributed by atoms with Gasteiger partial charge >= 0.3 is 0 Å². The fourth-order valence-corrected chi connectivity index (χ4v) is 2.12. The van der Waals surface area contributed by atoms with Crippen LogP contribution >= 0.6 is 0 Å². The highest BCUT2D eigenvalue weighted by Gasteiger charge is 2.15. The van der Waals surface area contributed by atoms with Crippen LogP contribution in [-0.2, 0) is 11.2 Å². The van der Waals surface area contributed by atoms with Crippen molar-refractivity contribution in [1.82, 2.24) is 0 Å². The Bertz CT molecular complexity index is 318. The zero-order valence-electron chi connectivity index (χ0n) is 7.63. The van der Waals surface area contributed by atoms with Crippen LogP contribution in [0.4, 0.5) is 8.78 Å². The number of aryl methyl sites for hydroxylation is 1. The van der Waals surface area contributed by atoms with Gasteiger partial charge in [-0.25, -0.2) is 0 Å². The third-order valence-electron chi connectivity index (χ3n) is 1.66. The van der Waals surface area contributed by atoms with E-state index in [2.05, 4.69) is 0 Å². The number of hydrogen-bond acceptors (Lipinski definition) is 2. The van der Waals surface area contributed by atoms with Crippen molar-refractivity contribution >= 4 is 11.2 Å². The summed E-state index contributed by atoms with van der Waals surface area (Å²) in [7, 11) is 0. The normalized spacial score (nSPS) is 12.6. The predicted molar refractivity (Wildman–Crippen MR) is 49.6 cm³/mol. The summed E-state index contributed by atoms with van der Waals surface area (Å²) in [5, 5.41) is 0. The minimum Gasteiger partial charge on any atom is -0.611 e. The van der Waals surface area contributed by atoms with E-state index in [-0.39, 0.29) is 12.2 Å². The van der Waals surface area contributed by atoms with Gasteiger partial charge in [0, 0.05) is 12.5 Å². The van der Waals surface area contributed by atoms with Crippen molar-refractivity contribution in [2.75, 3.05) is 5.75 Å². The van der Waals surface area contributed by atoms with Gasteiger partial charge in [-0.15, -0.1) is 0 Å². The molecule has 0 saturated carbocycles. The molecule has 0 fully saturated rings. The standard InChI is InChI=1S/C9H10F2O2S/c1-7-8(4-5-13-7)14(12)6-2-3-9(10)11/h3-5H,2,6H2,1H3. The molecule has 1 heterocycles. The van der Waals surface area contributed by atoms with Crippen molar-refractivity contribution in [3.63, 3.8) is 0 Å². The van der Waals surface area contributed by atoms with E-state index in [9.17, 15) is 13.3 Å². The smallest absolute Gasteiger partial charge is 0.266 e. The van der Waals surface area contributed by atoms with Crippen LogP contribution in [0.2, 0.25) is 0 Å². The van der Waals surface area contributed by atoms with E-state index in [1.807, 2.05) is 0 Å². The lowest BCUT2D eigenvalue weighted by molar-refractivity contribution is 0.418. The van der Waals surface area contributed by atoms with Crippen molar-refractivity contribution in [3.05, 3.63) is 30.2 Å². The highest BCUT2D eigenvalue weighted by molar-refractivity contribution is 7.91. The fourth-order valence-electron chi connectivity index (χ4n) is 0.995. The van der Waals surface area contributed by atoms with E-state index >= 15 is 0 Å². The molecular formula is C9H10F2O2S. The Morgan fingerprint density at radius 1 is 1.64 bits per heavy atom. The Labute approximate surface area is 83.8 Å². The zero-order valence-corrected chi connectivity index (χ0v) is 8.44. The summed E-state index contributed by atoms with van der Waals surface area (Å²) < 4.78 is 39.7. The number of allylic oxidation sites excluding steroid dienone is 1. The molecule has 0 saturated heterocycles. The molecule has 0 radical (unpaired) electrons. The topological polar surface area (TPSA) is 36.2 Å².